The number of phenols is 1. The smallest absolute Gasteiger partial charge is 0.251 e. The second kappa shape index (κ2) is 10.5. The van der Waals surface area contributed by atoms with Crippen molar-refractivity contribution in [1.82, 2.24) is 5.32 Å². The third-order valence-corrected chi connectivity index (χ3v) is 7.27. The summed E-state index contributed by atoms with van der Waals surface area (Å²) < 4.78 is 0. The number of nitrogens with zero attached hydrogens (tertiary/aromatic N) is 1. The number of carbonyl (C=O) groups excluding carboxylic acids is 1. The van der Waals surface area contributed by atoms with Gasteiger partial charge in [-0.15, -0.1) is 0 Å². The number of carbonyl (C=O) groups is 1. The van der Waals surface area contributed by atoms with E-state index in [1.807, 2.05) is 50.2 Å². The van der Waals surface area contributed by atoms with E-state index in [4.69, 9.17) is 34.8 Å². The molecule has 0 radical (unpaired) electrons. The summed E-state index contributed by atoms with van der Waals surface area (Å²) in [5.41, 5.74) is 4.24. The Morgan fingerprint density at radius 1 is 0.971 bits per heavy atom. The van der Waals surface area contributed by atoms with E-state index >= 15 is 0 Å². The van der Waals surface area contributed by atoms with E-state index in [1.54, 1.807) is 18.2 Å². The average Bonchev–Trinajstić information content (AvgIpc) is 2.78. The molecule has 34 heavy (non-hydrogen) atoms. The molecule has 4 nitrogen and oxygen atoms in total. The Kier molecular flexibility index (Phi) is 7.61. The Morgan fingerprint density at radius 2 is 1.62 bits per heavy atom. The summed E-state index contributed by atoms with van der Waals surface area (Å²) in [6.45, 7) is 5.00. The first-order chi connectivity index (χ1) is 16.2. The lowest BCUT2D eigenvalue weighted by Gasteiger charge is -2.42. The Hall–Kier alpha value is -2.40. The summed E-state index contributed by atoms with van der Waals surface area (Å²) in [6.07, 6.45) is 1.84. The van der Waals surface area contributed by atoms with Crippen LogP contribution in [0.2, 0.25) is 15.1 Å². The zero-order valence-electron chi connectivity index (χ0n) is 19.1. The number of nitrogens with one attached hydrogen (secondary N) is 1. The van der Waals surface area contributed by atoms with Gasteiger partial charge in [-0.05, 0) is 97.8 Å². The van der Waals surface area contributed by atoms with Crippen LogP contribution in [0.4, 0.5) is 5.69 Å². The van der Waals surface area contributed by atoms with Crippen LogP contribution in [0.1, 0.15) is 45.9 Å². The van der Waals surface area contributed by atoms with Crippen molar-refractivity contribution in [2.75, 3.05) is 18.0 Å². The molecule has 178 valence electrons. The molecule has 1 fully saturated rings. The number of phenolic OH excluding ortho intramolecular Hbond substituents is 1. The SMILES string of the molecule is Cc1cc(O)cc(C)c1C(=O)NC[C@@H]1CC[C@@H](c2ccc(Cl)cc2Cl)N(c2ccc(Cl)cc2)C1. The van der Waals surface area contributed by atoms with Crippen LogP contribution in [-0.4, -0.2) is 24.1 Å². The summed E-state index contributed by atoms with van der Waals surface area (Å²) in [5, 5.41) is 14.8. The van der Waals surface area contributed by atoms with Crippen LogP contribution in [0.3, 0.4) is 0 Å². The Morgan fingerprint density at radius 3 is 2.26 bits per heavy atom. The fourth-order valence-electron chi connectivity index (χ4n) is 4.85. The minimum absolute atomic E-state index is 0.0967. The van der Waals surface area contributed by atoms with Gasteiger partial charge in [0.05, 0.1) is 6.04 Å². The molecule has 1 amide bonds. The Labute approximate surface area is 215 Å². The second-order valence-corrected chi connectivity index (χ2v) is 10.2. The summed E-state index contributed by atoms with van der Waals surface area (Å²) >= 11 is 18.9. The summed E-state index contributed by atoms with van der Waals surface area (Å²) in [4.78, 5) is 15.3. The molecule has 4 rings (SSSR count). The third kappa shape index (κ3) is 5.46. The number of amides is 1. The normalized spacial score (nSPS) is 18.1. The molecule has 3 aromatic carbocycles. The van der Waals surface area contributed by atoms with Crippen molar-refractivity contribution in [2.24, 2.45) is 5.92 Å². The van der Waals surface area contributed by atoms with Crippen LogP contribution in [0.15, 0.2) is 54.6 Å². The van der Waals surface area contributed by atoms with Crippen molar-refractivity contribution in [3.63, 3.8) is 0 Å². The fraction of sp³-hybridized carbons (Fsp3) is 0.296. The van der Waals surface area contributed by atoms with E-state index in [9.17, 15) is 9.90 Å². The maximum Gasteiger partial charge on any atom is 0.251 e. The Bertz CT molecular complexity index is 1170. The fourth-order valence-corrected chi connectivity index (χ4v) is 5.51. The lowest BCUT2D eigenvalue weighted by molar-refractivity contribution is 0.0943. The summed E-state index contributed by atoms with van der Waals surface area (Å²) in [6, 6.07) is 16.8. The maximum atomic E-state index is 12.9. The number of rotatable bonds is 5. The number of aromatic hydroxyl groups is 1. The molecule has 2 atom stereocenters. The topological polar surface area (TPSA) is 52.6 Å². The van der Waals surface area contributed by atoms with Crippen molar-refractivity contribution in [3.8, 4) is 5.75 Å². The van der Waals surface area contributed by atoms with Gasteiger partial charge in [-0.3, -0.25) is 4.79 Å². The van der Waals surface area contributed by atoms with E-state index in [0.717, 1.165) is 41.8 Å². The highest BCUT2D eigenvalue weighted by atomic mass is 35.5. The lowest BCUT2D eigenvalue weighted by Crippen LogP contribution is -2.43. The highest BCUT2D eigenvalue weighted by Gasteiger charge is 2.31. The third-order valence-electron chi connectivity index (χ3n) is 6.46. The maximum absolute atomic E-state index is 12.9. The minimum atomic E-state index is -0.115. The van der Waals surface area contributed by atoms with Crippen LogP contribution in [0.5, 0.6) is 5.75 Å². The monoisotopic (exact) mass is 516 g/mol. The molecule has 0 aliphatic carbocycles. The van der Waals surface area contributed by atoms with E-state index in [1.165, 1.54) is 0 Å². The van der Waals surface area contributed by atoms with Gasteiger partial charge in [0.25, 0.3) is 5.91 Å². The molecule has 0 spiro atoms. The van der Waals surface area contributed by atoms with E-state index in [-0.39, 0.29) is 23.6 Å². The van der Waals surface area contributed by atoms with E-state index in [2.05, 4.69) is 10.2 Å². The second-order valence-electron chi connectivity index (χ2n) is 8.92. The van der Waals surface area contributed by atoms with Crippen LogP contribution in [0, 0.1) is 19.8 Å². The van der Waals surface area contributed by atoms with E-state index in [0.29, 0.717) is 27.2 Å². The molecule has 1 aliphatic rings. The molecule has 0 saturated carbocycles. The predicted octanol–water partition coefficient (Wildman–Crippen LogP) is 7.36. The zero-order chi connectivity index (χ0) is 24.4. The van der Waals surface area contributed by atoms with Gasteiger partial charge >= 0.3 is 0 Å². The molecular weight excluding hydrogens is 491 g/mol. The zero-order valence-corrected chi connectivity index (χ0v) is 21.4. The first kappa shape index (κ1) is 24.7. The Balaban J connectivity index is 1.53. The van der Waals surface area contributed by atoms with Crippen molar-refractivity contribution in [1.29, 1.82) is 0 Å². The van der Waals surface area contributed by atoms with E-state index < -0.39 is 0 Å². The molecule has 3 aromatic rings. The number of benzene rings is 3. The molecule has 2 N–H and O–H groups in total. The predicted molar refractivity (Wildman–Crippen MR) is 141 cm³/mol. The van der Waals surface area contributed by atoms with Gasteiger partial charge in [-0.1, -0.05) is 40.9 Å². The van der Waals surface area contributed by atoms with Gasteiger partial charge in [0.15, 0.2) is 0 Å². The number of piperidine rings is 1. The highest BCUT2D eigenvalue weighted by molar-refractivity contribution is 6.35. The number of hydrogen-bond donors (Lipinski definition) is 2. The van der Waals surface area contributed by atoms with Gasteiger partial charge in [-0.2, -0.15) is 0 Å². The van der Waals surface area contributed by atoms with Gasteiger partial charge in [0.1, 0.15) is 5.75 Å². The quantitative estimate of drug-likeness (QED) is 0.372. The first-order valence-corrected chi connectivity index (χ1v) is 12.4. The lowest BCUT2D eigenvalue weighted by atomic mass is 9.88. The van der Waals surface area contributed by atoms with Gasteiger partial charge < -0.3 is 15.3 Å². The molecular formula is C27H27Cl3N2O2. The number of halogens is 3. The molecule has 0 aromatic heterocycles. The highest BCUT2D eigenvalue weighted by Crippen LogP contribution is 2.40. The number of anilines is 1. The van der Waals surface area contributed by atoms with Crippen LogP contribution >= 0.6 is 34.8 Å². The first-order valence-electron chi connectivity index (χ1n) is 11.3. The van der Waals surface area contributed by atoms with Gasteiger partial charge in [-0.25, -0.2) is 0 Å². The molecule has 1 saturated heterocycles. The van der Waals surface area contributed by atoms with Crippen molar-refractivity contribution in [2.45, 2.75) is 32.7 Å². The molecule has 1 heterocycles. The van der Waals surface area contributed by atoms with Crippen LogP contribution in [-0.2, 0) is 0 Å². The molecule has 7 heteroatoms. The summed E-state index contributed by atoms with van der Waals surface area (Å²) in [7, 11) is 0. The largest absolute Gasteiger partial charge is 0.508 e. The standard InChI is InChI=1S/C27H27Cl3N2O2/c1-16-11-22(33)12-17(2)26(16)27(34)31-14-18-3-10-25(23-9-6-20(29)13-24(23)30)32(15-18)21-7-4-19(28)5-8-21/h4-9,11-13,18,25,33H,3,10,14-15H2,1-2H3,(H,31,34)/t18-,25-/m0/s1. The van der Waals surface area contributed by atoms with Crippen molar-refractivity contribution < 1.29 is 9.90 Å². The van der Waals surface area contributed by atoms with Crippen LogP contribution in [0.25, 0.3) is 0 Å². The van der Waals surface area contributed by atoms with Crippen molar-refractivity contribution >= 4 is 46.4 Å². The minimum Gasteiger partial charge on any atom is -0.508 e. The number of aryl methyl sites for hydroxylation is 2. The van der Waals surface area contributed by atoms with Crippen molar-refractivity contribution in [3.05, 3.63) is 91.9 Å². The van der Waals surface area contributed by atoms with Gasteiger partial charge in [0, 0.05) is 39.4 Å². The molecule has 1 aliphatic heterocycles. The molecule has 0 unspecified atom stereocenters. The van der Waals surface area contributed by atoms with Gasteiger partial charge in [0.2, 0.25) is 0 Å². The van der Waals surface area contributed by atoms with Crippen LogP contribution < -0.4 is 10.2 Å². The molecule has 0 bridgehead atoms. The number of hydrogen-bond acceptors (Lipinski definition) is 3. The average molecular weight is 518 g/mol. The summed E-state index contributed by atoms with van der Waals surface area (Å²) in [5.74, 6) is 0.319.